The maximum Gasteiger partial charge on any atom is 0.352 e. The molecule has 45 heavy (non-hydrogen) atoms. The van der Waals surface area contributed by atoms with Gasteiger partial charge in [-0.1, -0.05) is 41.9 Å². The number of thioether (sulfide) groups is 2. The van der Waals surface area contributed by atoms with Gasteiger partial charge in [-0.2, -0.15) is 22.0 Å². The van der Waals surface area contributed by atoms with Crippen molar-refractivity contribution in [3.8, 4) is 17.0 Å². The van der Waals surface area contributed by atoms with E-state index in [2.05, 4.69) is 35.4 Å². The third kappa shape index (κ3) is 5.49. The fourth-order valence-electron chi connectivity index (χ4n) is 6.35. The van der Waals surface area contributed by atoms with Crippen LogP contribution in [-0.2, 0) is 44.8 Å². The molecule has 0 saturated carbocycles. The number of aromatic carboxylic acids is 1. The molecule has 3 aromatic heterocycles. The van der Waals surface area contributed by atoms with Crippen LogP contribution in [0.3, 0.4) is 0 Å². The number of benzene rings is 3. The lowest BCUT2D eigenvalue weighted by molar-refractivity contribution is 0.0685. The summed E-state index contributed by atoms with van der Waals surface area (Å²) in [6.07, 6.45) is 3.07. The minimum atomic E-state index is -0.965. The van der Waals surface area contributed by atoms with Gasteiger partial charge < -0.3 is 14.4 Å². The molecule has 0 spiro atoms. The van der Waals surface area contributed by atoms with Crippen LogP contribution in [0.2, 0.25) is 5.02 Å². The first-order valence-electron chi connectivity index (χ1n) is 14.7. The standard InChI is InChI=1S/C34H32ClN5O3S2/c1-38-32-27-10-11-28(35)30(32)31-21(16-36-40(31)3)17-44-18-22-14-23(39(2)37-22)19-45-24-13-20-7-4-5-8-25(20)29(15-24)43-12-6-9-26(27)33(38)34(41)42/h4-5,7-8,10-11,13-16H,6,9,12,17-19H2,1-3H3,(H,41,42). The van der Waals surface area contributed by atoms with Gasteiger partial charge in [-0.15, -0.1) is 11.8 Å². The Labute approximate surface area is 274 Å². The topological polar surface area (TPSA) is 87.1 Å². The number of hydrogen-bond donors (Lipinski definition) is 1. The van der Waals surface area contributed by atoms with Crippen molar-refractivity contribution in [1.29, 1.82) is 0 Å². The molecule has 1 aliphatic rings. The first-order chi connectivity index (χ1) is 21.8. The quantitative estimate of drug-likeness (QED) is 0.193. The van der Waals surface area contributed by atoms with Crippen molar-refractivity contribution in [2.45, 2.75) is 35.0 Å². The molecule has 4 heterocycles. The minimum absolute atomic E-state index is 0.267. The number of halogens is 1. The number of aryl methyl sites for hydroxylation is 4. The number of rotatable bonds is 1. The molecule has 3 aromatic carbocycles. The van der Waals surface area contributed by atoms with Crippen molar-refractivity contribution >= 4 is 62.8 Å². The Morgan fingerprint density at radius 1 is 1.00 bits per heavy atom. The highest BCUT2D eigenvalue weighted by Gasteiger charge is 2.26. The van der Waals surface area contributed by atoms with Gasteiger partial charge in [0.15, 0.2) is 0 Å². The molecule has 0 radical (unpaired) electrons. The van der Waals surface area contributed by atoms with Crippen LogP contribution >= 0.6 is 35.1 Å². The van der Waals surface area contributed by atoms with E-state index in [9.17, 15) is 9.90 Å². The highest BCUT2D eigenvalue weighted by molar-refractivity contribution is 7.98. The van der Waals surface area contributed by atoms with Gasteiger partial charge in [0.05, 0.1) is 34.7 Å². The van der Waals surface area contributed by atoms with Crippen molar-refractivity contribution in [2.75, 3.05) is 6.61 Å². The molecule has 0 amide bonds. The Morgan fingerprint density at radius 3 is 2.69 bits per heavy atom. The summed E-state index contributed by atoms with van der Waals surface area (Å²) in [5, 5.41) is 23.4. The SMILES string of the molecule is Cn1nc2cc1CSc1cc(c3ccccc3c1)OCCCc1c(C(=O)O)n(C)c3c(c(Cl)ccc13)-c1c(cnn1C)CSC2. The van der Waals surface area contributed by atoms with Crippen LogP contribution < -0.4 is 4.74 Å². The number of carboxylic acid groups (broad SMARTS) is 1. The van der Waals surface area contributed by atoms with Crippen LogP contribution in [0.4, 0.5) is 0 Å². The lowest BCUT2D eigenvalue weighted by Crippen LogP contribution is -2.09. The summed E-state index contributed by atoms with van der Waals surface area (Å²) in [6, 6.07) is 18.6. The number of carboxylic acids is 1. The summed E-state index contributed by atoms with van der Waals surface area (Å²) in [6.45, 7) is 0.447. The number of aromatic nitrogens is 5. The molecule has 230 valence electrons. The average molecular weight is 658 g/mol. The van der Waals surface area contributed by atoms with Gasteiger partial charge in [-0.05, 0) is 48.1 Å². The van der Waals surface area contributed by atoms with E-state index in [1.54, 1.807) is 28.1 Å². The second-order valence-electron chi connectivity index (χ2n) is 11.3. The van der Waals surface area contributed by atoms with Gasteiger partial charge in [-0.25, -0.2) is 4.79 Å². The van der Waals surface area contributed by atoms with E-state index in [4.69, 9.17) is 21.4 Å². The molecule has 1 aliphatic heterocycles. The van der Waals surface area contributed by atoms with Gasteiger partial charge in [0.2, 0.25) is 0 Å². The molecule has 6 aromatic rings. The summed E-state index contributed by atoms with van der Waals surface area (Å²) < 4.78 is 12.0. The third-order valence-corrected chi connectivity index (χ3v) is 10.7. The third-order valence-electron chi connectivity index (χ3n) is 8.41. The van der Waals surface area contributed by atoms with Gasteiger partial charge in [0.25, 0.3) is 0 Å². The minimum Gasteiger partial charge on any atom is -0.493 e. The lowest BCUT2D eigenvalue weighted by atomic mass is 10.0. The van der Waals surface area contributed by atoms with E-state index in [1.165, 1.54) is 0 Å². The maximum atomic E-state index is 12.7. The number of hydrogen-bond acceptors (Lipinski definition) is 6. The van der Waals surface area contributed by atoms with Crippen LogP contribution in [0.25, 0.3) is 32.9 Å². The van der Waals surface area contributed by atoms with Gasteiger partial charge in [0, 0.05) is 70.9 Å². The van der Waals surface area contributed by atoms with Crippen LogP contribution in [0.5, 0.6) is 5.75 Å². The smallest absolute Gasteiger partial charge is 0.352 e. The zero-order valence-electron chi connectivity index (χ0n) is 25.2. The van der Waals surface area contributed by atoms with Gasteiger partial charge in [-0.3, -0.25) is 9.36 Å². The number of fused-ring (bicyclic) bond motifs is 8. The predicted molar refractivity (Wildman–Crippen MR) is 183 cm³/mol. The Balaban J connectivity index is 1.35. The van der Waals surface area contributed by atoms with Crippen molar-refractivity contribution in [3.63, 3.8) is 0 Å². The van der Waals surface area contributed by atoms with E-state index in [0.29, 0.717) is 30.2 Å². The molecule has 0 saturated heterocycles. The van der Waals surface area contributed by atoms with E-state index in [0.717, 1.165) is 77.6 Å². The molecule has 0 unspecified atom stereocenters. The first kappa shape index (κ1) is 29.8. The van der Waals surface area contributed by atoms with Gasteiger partial charge in [0.1, 0.15) is 11.4 Å². The monoisotopic (exact) mass is 657 g/mol. The molecular weight excluding hydrogens is 626 g/mol. The Kier molecular flexibility index (Phi) is 8.05. The second kappa shape index (κ2) is 12.2. The molecule has 7 rings (SSSR count). The second-order valence-corrected chi connectivity index (χ2v) is 13.7. The predicted octanol–water partition coefficient (Wildman–Crippen LogP) is 7.87. The van der Waals surface area contributed by atoms with Crippen LogP contribution in [0, 0.1) is 0 Å². The normalized spacial score (nSPS) is 14.3. The van der Waals surface area contributed by atoms with Crippen molar-refractivity contribution in [1.82, 2.24) is 24.1 Å². The number of nitrogens with zero attached hydrogens (tertiary/aromatic N) is 5. The summed E-state index contributed by atoms with van der Waals surface area (Å²) >= 11 is 10.5. The zero-order chi connectivity index (χ0) is 31.2. The van der Waals surface area contributed by atoms with E-state index in [1.807, 2.05) is 61.0 Å². The van der Waals surface area contributed by atoms with Gasteiger partial charge >= 0.3 is 5.97 Å². The summed E-state index contributed by atoms with van der Waals surface area (Å²) in [5.41, 5.74) is 6.75. The molecule has 8 bridgehead atoms. The molecule has 11 heteroatoms. The van der Waals surface area contributed by atoms with E-state index in [-0.39, 0.29) is 5.69 Å². The fourth-order valence-corrected chi connectivity index (χ4v) is 8.46. The summed E-state index contributed by atoms with van der Waals surface area (Å²) in [5.74, 6) is 2.10. The van der Waals surface area contributed by atoms with Crippen molar-refractivity contribution in [3.05, 3.63) is 94.0 Å². The first-order valence-corrected chi connectivity index (χ1v) is 17.2. The average Bonchev–Trinajstić information content (AvgIpc) is 3.66. The molecule has 1 N–H and O–H groups in total. The summed E-state index contributed by atoms with van der Waals surface area (Å²) in [4.78, 5) is 13.8. The van der Waals surface area contributed by atoms with Crippen molar-refractivity contribution < 1.29 is 14.6 Å². The number of ether oxygens (including phenoxy) is 1. The number of carbonyl (C=O) groups is 1. The Morgan fingerprint density at radius 2 is 1.84 bits per heavy atom. The molecule has 8 nitrogen and oxygen atoms in total. The van der Waals surface area contributed by atoms with Crippen LogP contribution in [0.1, 0.15) is 39.4 Å². The molecule has 0 fully saturated rings. The highest BCUT2D eigenvalue weighted by atomic mass is 35.5. The molecule has 0 atom stereocenters. The largest absolute Gasteiger partial charge is 0.493 e. The van der Waals surface area contributed by atoms with E-state index >= 15 is 0 Å². The van der Waals surface area contributed by atoms with Crippen LogP contribution in [0.15, 0.2) is 65.7 Å². The summed E-state index contributed by atoms with van der Waals surface area (Å²) in [7, 11) is 5.71. The zero-order valence-corrected chi connectivity index (χ0v) is 27.6. The Hall–Kier alpha value is -3.86. The Bertz CT molecular complexity index is 2100. The maximum absolute atomic E-state index is 12.7. The molecule has 0 aliphatic carbocycles. The lowest BCUT2D eigenvalue weighted by Gasteiger charge is -2.13. The van der Waals surface area contributed by atoms with E-state index < -0.39 is 5.97 Å². The molecular formula is C34H32ClN5O3S2. The highest BCUT2D eigenvalue weighted by Crippen LogP contribution is 2.41. The van der Waals surface area contributed by atoms with Crippen molar-refractivity contribution in [2.24, 2.45) is 21.1 Å². The fraction of sp³-hybridized carbons (Fsp3) is 0.265. The van der Waals surface area contributed by atoms with Crippen LogP contribution in [-0.4, -0.2) is 41.8 Å².